The normalized spacial score (nSPS) is 15.3. The van der Waals surface area contributed by atoms with Crippen molar-refractivity contribution in [2.45, 2.75) is 13.0 Å². The van der Waals surface area contributed by atoms with Gasteiger partial charge in [0.1, 0.15) is 18.1 Å². The molecule has 1 aliphatic heterocycles. The number of imide groups is 2. The molecule has 1 atom stereocenters. The molecule has 1 fully saturated rings. The number of benzene rings is 2. The van der Waals surface area contributed by atoms with Gasteiger partial charge in [-0.05, 0) is 55.5 Å². The third kappa shape index (κ3) is 3.52. The molecule has 0 radical (unpaired) electrons. The standard InChI is InChI=1S/C18H14ClFN2O4/c1-11(26-15-8-2-12(19)3-9-15)17(24)21-10-16(23)22(18(21)25)14-6-4-13(20)5-7-14/h2-9,11H,10H2,1H3. The van der Waals surface area contributed by atoms with Crippen molar-refractivity contribution in [3.63, 3.8) is 0 Å². The van der Waals surface area contributed by atoms with Gasteiger partial charge in [0.05, 0.1) is 5.69 Å². The lowest BCUT2D eigenvalue weighted by Crippen LogP contribution is -2.43. The summed E-state index contributed by atoms with van der Waals surface area (Å²) in [6.45, 7) is 1.08. The predicted molar refractivity (Wildman–Crippen MR) is 92.5 cm³/mol. The molecule has 6 nitrogen and oxygen atoms in total. The molecule has 8 heteroatoms. The zero-order valence-corrected chi connectivity index (χ0v) is 14.4. The molecule has 1 unspecified atom stereocenters. The first-order valence-corrected chi connectivity index (χ1v) is 8.10. The van der Waals surface area contributed by atoms with Crippen LogP contribution in [0.5, 0.6) is 5.75 Å². The Morgan fingerprint density at radius 3 is 2.35 bits per heavy atom. The van der Waals surface area contributed by atoms with Crippen LogP contribution in [-0.2, 0) is 9.59 Å². The summed E-state index contributed by atoms with van der Waals surface area (Å²) in [4.78, 5) is 38.8. The van der Waals surface area contributed by atoms with Crippen LogP contribution in [0.25, 0.3) is 0 Å². The summed E-state index contributed by atoms with van der Waals surface area (Å²) < 4.78 is 18.5. The van der Waals surface area contributed by atoms with Gasteiger partial charge in [-0.15, -0.1) is 0 Å². The molecule has 1 heterocycles. The van der Waals surface area contributed by atoms with E-state index in [1.807, 2.05) is 0 Å². The Balaban J connectivity index is 1.73. The Labute approximate surface area is 153 Å². The molecule has 2 aromatic carbocycles. The van der Waals surface area contributed by atoms with Crippen LogP contribution in [-0.4, -0.2) is 35.4 Å². The van der Waals surface area contributed by atoms with Crippen LogP contribution in [0.1, 0.15) is 6.92 Å². The van der Waals surface area contributed by atoms with Crippen molar-refractivity contribution in [3.8, 4) is 5.75 Å². The van der Waals surface area contributed by atoms with Gasteiger partial charge in [-0.3, -0.25) is 14.5 Å². The Bertz CT molecular complexity index is 854. The largest absolute Gasteiger partial charge is 0.481 e. The SMILES string of the molecule is CC(Oc1ccc(Cl)cc1)C(=O)N1CC(=O)N(c2ccc(F)cc2)C1=O. The van der Waals surface area contributed by atoms with Gasteiger partial charge in [0.15, 0.2) is 6.10 Å². The molecule has 0 spiro atoms. The van der Waals surface area contributed by atoms with Gasteiger partial charge in [-0.1, -0.05) is 11.6 Å². The maximum atomic E-state index is 13.0. The number of anilines is 1. The monoisotopic (exact) mass is 376 g/mol. The van der Waals surface area contributed by atoms with Crippen molar-refractivity contribution in [2.24, 2.45) is 0 Å². The molecule has 0 N–H and O–H groups in total. The third-order valence-electron chi connectivity index (χ3n) is 3.79. The first-order chi connectivity index (χ1) is 12.4. The van der Waals surface area contributed by atoms with Gasteiger partial charge in [0.25, 0.3) is 11.8 Å². The van der Waals surface area contributed by atoms with E-state index >= 15 is 0 Å². The molecule has 1 aliphatic rings. The van der Waals surface area contributed by atoms with Gasteiger partial charge >= 0.3 is 6.03 Å². The highest BCUT2D eigenvalue weighted by Gasteiger charge is 2.42. The number of ether oxygens (including phenoxy) is 1. The smallest absolute Gasteiger partial charge is 0.338 e. The van der Waals surface area contributed by atoms with E-state index in [0.29, 0.717) is 10.8 Å². The number of carbonyl (C=O) groups is 3. The lowest BCUT2D eigenvalue weighted by Gasteiger charge is -2.20. The predicted octanol–water partition coefficient (Wildman–Crippen LogP) is 3.24. The quantitative estimate of drug-likeness (QED) is 0.768. The van der Waals surface area contributed by atoms with E-state index in [1.165, 1.54) is 19.1 Å². The molecular formula is C18H14ClFN2O4. The fraction of sp³-hybridized carbons (Fsp3) is 0.167. The van der Waals surface area contributed by atoms with Gasteiger partial charge in [0.2, 0.25) is 0 Å². The molecule has 0 aliphatic carbocycles. The van der Waals surface area contributed by atoms with E-state index < -0.39 is 36.3 Å². The molecular weight excluding hydrogens is 363 g/mol. The van der Waals surface area contributed by atoms with Crippen molar-refractivity contribution < 1.29 is 23.5 Å². The highest BCUT2D eigenvalue weighted by atomic mass is 35.5. The van der Waals surface area contributed by atoms with E-state index in [0.717, 1.165) is 21.9 Å². The average molecular weight is 377 g/mol. The topological polar surface area (TPSA) is 66.9 Å². The lowest BCUT2D eigenvalue weighted by atomic mass is 10.3. The Morgan fingerprint density at radius 1 is 1.12 bits per heavy atom. The Kier molecular flexibility index (Phi) is 4.90. The van der Waals surface area contributed by atoms with E-state index in [4.69, 9.17) is 16.3 Å². The number of rotatable bonds is 4. The lowest BCUT2D eigenvalue weighted by molar-refractivity contribution is -0.135. The van der Waals surface area contributed by atoms with Crippen LogP contribution in [0.3, 0.4) is 0 Å². The molecule has 4 amide bonds. The van der Waals surface area contributed by atoms with E-state index in [-0.39, 0.29) is 5.69 Å². The minimum Gasteiger partial charge on any atom is -0.481 e. The number of halogens is 2. The number of urea groups is 1. The zero-order valence-electron chi connectivity index (χ0n) is 13.7. The van der Waals surface area contributed by atoms with Crippen LogP contribution >= 0.6 is 11.6 Å². The summed E-state index contributed by atoms with van der Waals surface area (Å²) in [6, 6.07) is 10.5. The second-order valence-corrected chi connectivity index (χ2v) is 6.06. The van der Waals surface area contributed by atoms with E-state index in [1.54, 1.807) is 24.3 Å². The highest BCUT2D eigenvalue weighted by Crippen LogP contribution is 2.23. The maximum absolute atomic E-state index is 13.0. The zero-order chi connectivity index (χ0) is 18.8. The summed E-state index contributed by atoms with van der Waals surface area (Å²) >= 11 is 5.79. The molecule has 0 bridgehead atoms. The number of amides is 4. The van der Waals surface area contributed by atoms with Crippen LogP contribution < -0.4 is 9.64 Å². The van der Waals surface area contributed by atoms with Crippen molar-refractivity contribution >= 4 is 35.1 Å². The molecule has 26 heavy (non-hydrogen) atoms. The average Bonchev–Trinajstić information content (AvgIpc) is 2.91. The highest BCUT2D eigenvalue weighted by molar-refractivity contribution is 6.30. The summed E-state index contributed by atoms with van der Waals surface area (Å²) in [5, 5.41) is 0.520. The molecule has 0 aromatic heterocycles. The fourth-order valence-corrected chi connectivity index (χ4v) is 2.63. The first-order valence-electron chi connectivity index (χ1n) is 7.73. The van der Waals surface area contributed by atoms with Crippen molar-refractivity contribution in [3.05, 3.63) is 59.4 Å². The third-order valence-corrected chi connectivity index (χ3v) is 4.04. The molecule has 1 saturated heterocycles. The first kappa shape index (κ1) is 17.9. The van der Waals surface area contributed by atoms with Crippen molar-refractivity contribution in [1.82, 2.24) is 4.90 Å². The number of nitrogens with zero attached hydrogens (tertiary/aromatic N) is 2. The van der Waals surface area contributed by atoms with Gasteiger partial charge in [-0.25, -0.2) is 14.1 Å². The van der Waals surface area contributed by atoms with Gasteiger partial charge < -0.3 is 4.74 Å². The molecule has 0 saturated carbocycles. The molecule has 134 valence electrons. The second kappa shape index (κ2) is 7.13. The van der Waals surface area contributed by atoms with Crippen molar-refractivity contribution in [2.75, 3.05) is 11.4 Å². The van der Waals surface area contributed by atoms with Crippen LogP contribution in [0.2, 0.25) is 5.02 Å². The summed E-state index contributed by atoms with van der Waals surface area (Å²) in [6.07, 6.45) is -0.985. The minimum atomic E-state index is -0.985. The maximum Gasteiger partial charge on any atom is 0.338 e. The fourth-order valence-electron chi connectivity index (χ4n) is 2.50. The van der Waals surface area contributed by atoms with Crippen LogP contribution in [0.15, 0.2) is 48.5 Å². The van der Waals surface area contributed by atoms with Crippen LogP contribution in [0.4, 0.5) is 14.9 Å². The Morgan fingerprint density at radius 2 is 1.73 bits per heavy atom. The number of carbonyl (C=O) groups excluding carboxylic acids is 3. The van der Waals surface area contributed by atoms with Crippen molar-refractivity contribution in [1.29, 1.82) is 0 Å². The number of hydrogen-bond acceptors (Lipinski definition) is 4. The minimum absolute atomic E-state index is 0.197. The second-order valence-electron chi connectivity index (χ2n) is 5.63. The van der Waals surface area contributed by atoms with Gasteiger partial charge in [0, 0.05) is 5.02 Å². The van der Waals surface area contributed by atoms with E-state index in [2.05, 4.69) is 0 Å². The van der Waals surface area contributed by atoms with Gasteiger partial charge in [-0.2, -0.15) is 0 Å². The summed E-state index contributed by atoms with van der Waals surface area (Å²) in [7, 11) is 0. The van der Waals surface area contributed by atoms with E-state index in [9.17, 15) is 18.8 Å². The Hall–Kier alpha value is -2.93. The molecule has 2 aromatic rings. The molecule has 3 rings (SSSR count). The summed E-state index contributed by atoms with van der Waals surface area (Å²) in [5.74, 6) is -1.31. The summed E-state index contributed by atoms with van der Waals surface area (Å²) in [5.41, 5.74) is 0.197. The number of hydrogen-bond donors (Lipinski definition) is 0. The van der Waals surface area contributed by atoms with Crippen LogP contribution in [0, 0.1) is 5.82 Å².